The maximum Gasteiger partial charge on any atom is 0.171 e. The number of imidazole rings is 3. The molecule has 0 amide bonds. The summed E-state index contributed by atoms with van der Waals surface area (Å²) >= 11 is 0. The van der Waals surface area contributed by atoms with Crippen molar-refractivity contribution in [2.75, 3.05) is 0 Å². The lowest BCUT2D eigenvalue weighted by atomic mass is 9.87. The molecule has 684 valence electrons. The second-order valence-electron chi connectivity index (χ2n) is 38.2. The van der Waals surface area contributed by atoms with E-state index >= 15 is 0 Å². The quantitative estimate of drug-likeness (QED) is 0.0762. The molecule has 0 aliphatic rings. The van der Waals surface area contributed by atoms with Gasteiger partial charge in [-0.1, -0.05) is 388 Å². The zero-order valence-electron chi connectivity index (χ0n) is 79.4. The minimum Gasteiger partial charge on any atom is -0.309 e. The van der Waals surface area contributed by atoms with Crippen molar-refractivity contribution >= 4 is 214 Å². The van der Waals surface area contributed by atoms with Gasteiger partial charge in [0.2, 0.25) is 0 Å². The van der Waals surface area contributed by atoms with Gasteiger partial charge in [-0.3, -0.25) is 13.2 Å². The third-order valence-corrected chi connectivity index (χ3v) is 33.0. The number of fused-ring (bicyclic) bond motifs is 35. The first-order valence-electron chi connectivity index (χ1n) is 49.9. The molecule has 0 unspecified atom stereocenters. The first-order chi connectivity index (χ1) is 72.7. The molecule has 0 atom stereocenters. The average molecular weight is 1890 g/mol. The van der Waals surface area contributed by atoms with Gasteiger partial charge < -0.3 is 4.57 Å². The van der Waals surface area contributed by atoms with Gasteiger partial charge in [0.05, 0.1) is 49.7 Å². The molecule has 147 heavy (non-hydrogen) atoms. The van der Waals surface area contributed by atoms with Crippen LogP contribution in [0.5, 0.6) is 0 Å². The number of nitrogens with zero attached hydrogens (tertiary/aromatic N) is 9. The van der Waals surface area contributed by atoms with E-state index in [-0.39, 0.29) is 0 Å². The maximum absolute atomic E-state index is 14.9. The molecule has 0 bridgehead atoms. The number of aromatic nitrogens is 9. The first kappa shape index (κ1) is 84.6. The minimum absolute atomic E-state index is 0.644. The molecule has 31 aromatic rings. The Kier molecular flexibility index (Phi) is 19.7. The van der Waals surface area contributed by atoms with Crippen LogP contribution >= 0.6 is 7.14 Å². The van der Waals surface area contributed by atoms with Gasteiger partial charge in [-0.25, -0.2) is 29.9 Å². The number of pyridine rings is 3. The predicted molar refractivity (Wildman–Crippen MR) is 617 cm³/mol. The topological polar surface area (TPSA) is 108 Å². The molecule has 0 aliphatic heterocycles. The molecular formula is C136H84N9OP. The van der Waals surface area contributed by atoms with Gasteiger partial charge in [0.15, 0.2) is 24.6 Å². The molecule has 11 heteroatoms. The fourth-order valence-electron chi connectivity index (χ4n) is 22.9. The summed E-state index contributed by atoms with van der Waals surface area (Å²) in [5.41, 5.74) is 24.8. The molecule has 0 fully saturated rings. The molecule has 10 nitrogen and oxygen atoms in total. The summed E-state index contributed by atoms with van der Waals surface area (Å²) in [6.45, 7) is 0. The highest BCUT2D eigenvalue weighted by Crippen LogP contribution is 2.49. The Bertz CT molecular complexity index is 10800. The van der Waals surface area contributed by atoms with Crippen molar-refractivity contribution in [1.29, 1.82) is 0 Å². The molecule has 7 aromatic heterocycles. The molecule has 0 spiro atoms. The van der Waals surface area contributed by atoms with E-state index in [9.17, 15) is 4.57 Å². The Morgan fingerprint density at radius 2 is 0.429 bits per heavy atom. The monoisotopic (exact) mass is 1890 g/mol. The number of benzene rings is 24. The SMILES string of the molecule is O=P(c1ccccc1)(c1ccccc1)c1ccc(-c2ccc3c(c2)c2cc4ccccc4cc2c2nc4ccccc4n32)cc1.c1cc(-c2ccc3c(c2)c2cc4ccccc4cc2c2nc4ccccc4n32)cc(-c2cc3c4ccccc4c4ccccc4c3c3ccccc23)c1.c1ccc(-c2nc(-c3ccccc3)nc(-c3ccc(-c4ccc5c(c4)c4cc6ccccc6cc4c4nc6ccccc6n54)cc3)n2)cc1. The van der Waals surface area contributed by atoms with Gasteiger partial charge in [-0.15, -0.1) is 0 Å². The van der Waals surface area contributed by atoms with Gasteiger partial charge in [0, 0.05) is 64.9 Å². The smallest absolute Gasteiger partial charge is 0.171 e. The molecular weight excluding hydrogens is 1810 g/mol. The molecule has 7 heterocycles. The summed E-state index contributed by atoms with van der Waals surface area (Å²) < 4.78 is 21.8. The first-order valence-corrected chi connectivity index (χ1v) is 51.6. The fourth-order valence-corrected chi connectivity index (χ4v) is 25.5. The molecule has 24 aromatic carbocycles. The summed E-state index contributed by atoms with van der Waals surface area (Å²) in [5, 5.41) is 30.8. The van der Waals surface area contributed by atoms with Crippen LogP contribution in [0.3, 0.4) is 0 Å². The van der Waals surface area contributed by atoms with Crippen molar-refractivity contribution in [3.05, 3.63) is 510 Å². The van der Waals surface area contributed by atoms with Gasteiger partial charge in [-0.2, -0.15) is 0 Å². The maximum atomic E-state index is 14.9. The summed E-state index contributed by atoms with van der Waals surface area (Å²) in [7, 11) is -3.04. The van der Waals surface area contributed by atoms with Crippen LogP contribution in [0.2, 0.25) is 0 Å². The van der Waals surface area contributed by atoms with E-state index in [0.717, 1.165) is 132 Å². The van der Waals surface area contributed by atoms with Crippen LogP contribution in [0.15, 0.2) is 510 Å². The third kappa shape index (κ3) is 14.0. The van der Waals surface area contributed by atoms with Crippen molar-refractivity contribution in [1.82, 2.24) is 43.1 Å². The van der Waals surface area contributed by atoms with Crippen molar-refractivity contribution < 1.29 is 4.57 Å². The average Bonchev–Trinajstić information content (AvgIpc) is 1.69. The van der Waals surface area contributed by atoms with Crippen LogP contribution in [0.25, 0.3) is 269 Å². The molecule has 0 aliphatic carbocycles. The lowest BCUT2D eigenvalue weighted by Gasteiger charge is -2.20. The van der Waals surface area contributed by atoms with E-state index in [4.69, 9.17) is 29.9 Å². The largest absolute Gasteiger partial charge is 0.309 e. The molecule has 0 N–H and O–H groups in total. The standard InChI is InChI=1S/C51H30N2.C44H27N5.C41H27N2OP/c1-2-13-33-29-46-43(27-32(33)12-1)44-28-34(24-25-48(44)53-49-23-10-9-22-47(49)52-51(46)53)31-14-11-15-35(26-31)42-30-45-38-18-4-3-16-36(38)37-17-5-7-20-40(37)50(45)41-21-8-6-19-39(41)42;1-3-11-29(12-4-1)41-46-42(30-13-5-2-6-14-30)48-43(47-41)31-21-19-28(20-22-31)34-23-24-39-36(26-34)35-25-32-15-7-8-16-33(32)27-37(35)44-45-38-17-9-10-18-40(38)49(39)44;44-45(32-13-3-1-4-14-32,33-15-5-2-6-16-33)34-22-19-28(20-23-34)31-21-24-39-36(26-31)35-25-29-11-7-8-12-30(29)27-37(35)41-42-38-17-9-10-18-40(38)43(39)41/h1-30H;1-27H;1-27H. The number of para-hydroxylation sites is 6. The highest BCUT2D eigenvalue weighted by Gasteiger charge is 2.31. The van der Waals surface area contributed by atoms with Crippen molar-refractivity contribution in [2.24, 2.45) is 0 Å². The molecule has 0 radical (unpaired) electrons. The van der Waals surface area contributed by atoms with E-state index in [2.05, 4.69) is 383 Å². The van der Waals surface area contributed by atoms with Crippen LogP contribution < -0.4 is 15.9 Å². The second kappa shape index (κ2) is 34.3. The Morgan fingerprint density at radius 1 is 0.156 bits per heavy atom. The highest BCUT2D eigenvalue weighted by molar-refractivity contribution is 7.85. The Hall–Kier alpha value is -19.3. The highest BCUT2D eigenvalue weighted by atomic mass is 31.2. The minimum atomic E-state index is -3.04. The number of hydrogen-bond donors (Lipinski definition) is 0. The molecule has 0 saturated carbocycles. The number of rotatable bonds is 10. The van der Waals surface area contributed by atoms with Crippen LogP contribution in [0.4, 0.5) is 0 Å². The van der Waals surface area contributed by atoms with Crippen LogP contribution in [-0.4, -0.2) is 43.1 Å². The summed E-state index contributed by atoms with van der Waals surface area (Å²) in [6.07, 6.45) is 0. The van der Waals surface area contributed by atoms with Crippen molar-refractivity contribution in [2.45, 2.75) is 0 Å². The van der Waals surface area contributed by atoms with Crippen LogP contribution in [-0.2, 0) is 4.57 Å². The van der Waals surface area contributed by atoms with Crippen molar-refractivity contribution in [3.63, 3.8) is 0 Å². The Balaban J connectivity index is 0.000000105. The van der Waals surface area contributed by atoms with Gasteiger partial charge >= 0.3 is 0 Å². The summed E-state index contributed by atoms with van der Waals surface area (Å²) in [4.78, 5) is 30.1. The lowest BCUT2D eigenvalue weighted by Crippen LogP contribution is -2.24. The van der Waals surface area contributed by atoms with Gasteiger partial charge in [-0.05, 0) is 257 Å². The van der Waals surface area contributed by atoms with Gasteiger partial charge in [0.25, 0.3) is 0 Å². The van der Waals surface area contributed by atoms with E-state index in [1.54, 1.807) is 0 Å². The third-order valence-electron chi connectivity index (χ3n) is 29.9. The normalized spacial score (nSPS) is 12.0. The molecule has 0 saturated heterocycles. The van der Waals surface area contributed by atoms with E-state index in [1.807, 2.05) is 140 Å². The van der Waals surface area contributed by atoms with E-state index in [0.29, 0.717) is 17.5 Å². The predicted octanol–water partition coefficient (Wildman–Crippen LogP) is 33.9. The number of hydrogen-bond acceptors (Lipinski definition) is 7. The second-order valence-corrected chi connectivity index (χ2v) is 41.0. The zero-order chi connectivity index (χ0) is 96.9. The van der Waals surface area contributed by atoms with E-state index < -0.39 is 7.14 Å². The van der Waals surface area contributed by atoms with Gasteiger partial charge in [0.1, 0.15) is 16.9 Å². The fraction of sp³-hybridized carbons (Fsp3) is 0. The molecule has 31 rings (SSSR count). The zero-order valence-corrected chi connectivity index (χ0v) is 80.3. The van der Waals surface area contributed by atoms with Crippen molar-refractivity contribution in [3.8, 4) is 78.7 Å². The van der Waals surface area contributed by atoms with E-state index in [1.165, 1.54) is 135 Å². The summed E-state index contributed by atoms with van der Waals surface area (Å²) in [5.74, 6) is 1.95. The Labute approximate surface area is 843 Å². The van der Waals surface area contributed by atoms with Crippen LogP contribution in [0.1, 0.15) is 0 Å². The Morgan fingerprint density at radius 3 is 0.837 bits per heavy atom. The van der Waals surface area contributed by atoms with Crippen LogP contribution in [0, 0.1) is 0 Å². The summed E-state index contributed by atoms with van der Waals surface area (Å²) in [6, 6.07) is 180. The lowest BCUT2D eigenvalue weighted by molar-refractivity contribution is 0.592.